The minimum atomic E-state index is -0.406. The number of anilines is 1. The van der Waals surface area contributed by atoms with Gasteiger partial charge in [-0.05, 0) is 26.7 Å². The molecule has 1 aromatic rings. The Morgan fingerprint density at radius 3 is 2.63 bits per heavy atom. The average molecular weight is 268 g/mol. The lowest BCUT2D eigenvalue weighted by Gasteiger charge is -2.24. The molecule has 1 heterocycles. The first-order chi connectivity index (χ1) is 8.78. The van der Waals surface area contributed by atoms with Gasteiger partial charge in [0.25, 0.3) is 5.91 Å². The molecule has 0 saturated carbocycles. The Kier molecular flexibility index (Phi) is 4.94. The Labute approximate surface area is 114 Å². The maximum Gasteiger partial charge on any atom is 0.274 e. The van der Waals surface area contributed by atoms with Crippen molar-refractivity contribution in [3.63, 3.8) is 0 Å². The molecule has 0 spiro atoms. The Hall–Kier alpha value is -1.56. The van der Waals surface area contributed by atoms with Crippen LogP contribution in [0.2, 0.25) is 0 Å². The van der Waals surface area contributed by atoms with E-state index in [0.717, 1.165) is 5.69 Å². The summed E-state index contributed by atoms with van der Waals surface area (Å²) in [5, 5.41) is 9.58. The van der Waals surface area contributed by atoms with Crippen molar-refractivity contribution < 1.29 is 9.53 Å². The van der Waals surface area contributed by atoms with Crippen LogP contribution in [0.5, 0.6) is 0 Å². The summed E-state index contributed by atoms with van der Waals surface area (Å²) < 4.78 is 5.52. The van der Waals surface area contributed by atoms with E-state index in [1.54, 1.807) is 0 Å². The number of nitrogens with one attached hydrogen (secondary N) is 2. The summed E-state index contributed by atoms with van der Waals surface area (Å²) in [4.78, 5) is 12.0. The van der Waals surface area contributed by atoms with Gasteiger partial charge < -0.3 is 15.8 Å². The molecule has 0 bridgehead atoms. The normalized spacial score (nSPS) is 11.9. The molecule has 0 aliphatic heterocycles. The van der Waals surface area contributed by atoms with E-state index in [-0.39, 0.29) is 17.5 Å². The number of nitrogens with zero attached hydrogens (tertiary/aromatic N) is 1. The van der Waals surface area contributed by atoms with Crippen LogP contribution in [-0.4, -0.2) is 34.9 Å². The van der Waals surface area contributed by atoms with Crippen molar-refractivity contribution in [2.24, 2.45) is 0 Å². The van der Waals surface area contributed by atoms with Crippen LogP contribution < -0.4 is 11.1 Å². The second-order valence-corrected chi connectivity index (χ2v) is 5.43. The number of carbonyl (C=O) groups excluding carboxylic acids is 1. The fourth-order valence-corrected chi connectivity index (χ4v) is 1.80. The topological polar surface area (TPSA) is 93.0 Å². The van der Waals surface area contributed by atoms with Gasteiger partial charge in [0.1, 0.15) is 0 Å². The summed E-state index contributed by atoms with van der Waals surface area (Å²) in [6.45, 7) is 10.8. The number of nitrogens with two attached hydrogens (primary N) is 1. The number of hydrogen-bond donors (Lipinski definition) is 3. The highest BCUT2D eigenvalue weighted by Crippen LogP contribution is 2.21. The van der Waals surface area contributed by atoms with Gasteiger partial charge in [-0.15, -0.1) is 0 Å². The van der Waals surface area contributed by atoms with E-state index >= 15 is 0 Å². The first-order valence-corrected chi connectivity index (χ1v) is 6.54. The van der Waals surface area contributed by atoms with Gasteiger partial charge in [-0.25, -0.2) is 0 Å². The summed E-state index contributed by atoms with van der Waals surface area (Å²) in [6, 6.07) is 0. The lowest BCUT2D eigenvalue weighted by molar-refractivity contribution is -0.00818. The standard InChI is InChI=1S/C13H24N4O2/c1-6-19-13(4,5)7-15-12(18)11-9(14)10(8(2)3)16-17-11/h8H,6-7,14H2,1-5H3,(H,15,18)(H,16,17). The molecule has 0 radical (unpaired) electrons. The molecule has 1 amide bonds. The molecular formula is C13H24N4O2. The van der Waals surface area contributed by atoms with E-state index in [1.807, 2.05) is 34.6 Å². The van der Waals surface area contributed by atoms with E-state index < -0.39 is 5.60 Å². The van der Waals surface area contributed by atoms with Crippen LogP contribution in [0.4, 0.5) is 5.69 Å². The molecule has 0 aliphatic rings. The summed E-state index contributed by atoms with van der Waals surface area (Å²) in [7, 11) is 0. The molecule has 1 rings (SSSR count). The van der Waals surface area contributed by atoms with Crippen LogP contribution in [0.15, 0.2) is 0 Å². The number of amides is 1. The second-order valence-electron chi connectivity index (χ2n) is 5.43. The van der Waals surface area contributed by atoms with Crippen molar-refractivity contribution in [3.8, 4) is 0 Å². The van der Waals surface area contributed by atoms with Gasteiger partial charge >= 0.3 is 0 Å². The Morgan fingerprint density at radius 2 is 2.16 bits per heavy atom. The zero-order valence-corrected chi connectivity index (χ0v) is 12.3. The van der Waals surface area contributed by atoms with Crippen LogP contribution in [0, 0.1) is 0 Å². The zero-order valence-electron chi connectivity index (χ0n) is 12.3. The number of nitrogen functional groups attached to an aromatic ring is 1. The molecular weight excluding hydrogens is 244 g/mol. The molecule has 0 aliphatic carbocycles. The molecule has 1 aromatic heterocycles. The van der Waals surface area contributed by atoms with E-state index in [1.165, 1.54) is 0 Å². The average Bonchev–Trinajstić information content (AvgIpc) is 2.68. The SMILES string of the molecule is CCOC(C)(C)CNC(=O)c1n[nH]c(C(C)C)c1N. The second kappa shape index (κ2) is 6.06. The first-order valence-electron chi connectivity index (χ1n) is 6.54. The monoisotopic (exact) mass is 268 g/mol. The van der Waals surface area contributed by atoms with Crippen LogP contribution in [0.25, 0.3) is 0 Å². The molecule has 0 fully saturated rings. The zero-order chi connectivity index (χ0) is 14.6. The summed E-state index contributed by atoms with van der Waals surface area (Å²) in [5.74, 6) is -0.0812. The number of rotatable bonds is 6. The fourth-order valence-electron chi connectivity index (χ4n) is 1.80. The third kappa shape index (κ3) is 3.96. The molecule has 0 aromatic carbocycles. The number of aromatic amines is 1. The van der Waals surface area contributed by atoms with Crippen molar-refractivity contribution in [2.75, 3.05) is 18.9 Å². The minimum Gasteiger partial charge on any atom is -0.395 e. The van der Waals surface area contributed by atoms with E-state index in [4.69, 9.17) is 10.5 Å². The van der Waals surface area contributed by atoms with E-state index in [2.05, 4.69) is 15.5 Å². The number of H-pyrrole nitrogens is 1. The molecule has 108 valence electrons. The maximum atomic E-state index is 12.0. The number of carbonyl (C=O) groups is 1. The molecule has 4 N–H and O–H groups in total. The summed E-state index contributed by atoms with van der Waals surface area (Å²) in [5.41, 5.74) is 6.96. The van der Waals surface area contributed by atoms with Crippen molar-refractivity contribution in [3.05, 3.63) is 11.4 Å². The fraction of sp³-hybridized carbons (Fsp3) is 0.692. The Bertz CT molecular complexity index is 438. The predicted octanol–water partition coefficient (Wildman–Crippen LogP) is 1.66. The van der Waals surface area contributed by atoms with Crippen molar-refractivity contribution >= 4 is 11.6 Å². The van der Waals surface area contributed by atoms with Gasteiger partial charge in [0.2, 0.25) is 0 Å². The third-order valence-corrected chi connectivity index (χ3v) is 2.84. The van der Waals surface area contributed by atoms with Crippen LogP contribution in [0.1, 0.15) is 56.7 Å². The Morgan fingerprint density at radius 1 is 1.53 bits per heavy atom. The van der Waals surface area contributed by atoms with Gasteiger partial charge in [0, 0.05) is 13.2 Å². The highest BCUT2D eigenvalue weighted by molar-refractivity contribution is 5.97. The summed E-state index contributed by atoms with van der Waals surface area (Å²) >= 11 is 0. The number of hydrogen-bond acceptors (Lipinski definition) is 4. The maximum absolute atomic E-state index is 12.0. The molecule has 0 atom stereocenters. The number of aromatic nitrogens is 2. The third-order valence-electron chi connectivity index (χ3n) is 2.84. The van der Waals surface area contributed by atoms with Gasteiger partial charge in [0.15, 0.2) is 5.69 Å². The minimum absolute atomic E-state index is 0.203. The van der Waals surface area contributed by atoms with Gasteiger partial charge in [-0.1, -0.05) is 13.8 Å². The molecule has 6 heteroatoms. The van der Waals surface area contributed by atoms with E-state index in [0.29, 0.717) is 18.8 Å². The largest absolute Gasteiger partial charge is 0.395 e. The van der Waals surface area contributed by atoms with E-state index in [9.17, 15) is 4.79 Å². The van der Waals surface area contributed by atoms with Crippen molar-refractivity contribution in [2.45, 2.75) is 46.1 Å². The quantitative estimate of drug-likeness (QED) is 0.731. The Balaban J connectivity index is 2.69. The predicted molar refractivity (Wildman–Crippen MR) is 75.1 cm³/mol. The highest BCUT2D eigenvalue weighted by Gasteiger charge is 2.22. The van der Waals surface area contributed by atoms with Gasteiger partial charge in [-0.2, -0.15) is 5.10 Å². The van der Waals surface area contributed by atoms with Gasteiger partial charge in [0.05, 0.1) is 17.0 Å². The smallest absolute Gasteiger partial charge is 0.274 e. The molecule has 6 nitrogen and oxygen atoms in total. The van der Waals surface area contributed by atoms with Crippen LogP contribution >= 0.6 is 0 Å². The van der Waals surface area contributed by atoms with Crippen molar-refractivity contribution in [1.29, 1.82) is 0 Å². The number of ether oxygens (including phenoxy) is 1. The van der Waals surface area contributed by atoms with Crippen LogP contribution in [0.3, 0.4) is 0 Å². The highest BCUT2D eigenvalue weighted by atomic mass is 16.5. The summed E-state index contributed by atoms with van der Waals surface area (Å²) in [6.07, 6.45) is 0. The lowest BCUT2D eigenvalue weighted by Crippen LogP contribution is -2.40. The van der Waals surface area contributed by atoms with Gasteiger partial charge in [-0.3, -0.25) is 9.89 Å². The first kappa shape index (κ1) is 15.5. The van der Waals surface area contributed by atoms with Crippen molar-refractivity contribution in [1.82, 2.24) is 15.5 Å². The lowest BCUT2D eigenvalue weighted by atomic mass is 10.1. The molecule has 19 heavy (non-hydrogen) atoms. The molecule has 0 saturated heterocycles. The molecule has 0 unspecified atom stereocenters. The van der Waals surface area contributed by atoms with Crippen LogP contribution in [-0.2, 0) is 4.74 Å².